The summed E-state index contributed by atoms with van der Waals surface area (Å²) >= 11 is 0. The third-order valence-electron chi connectivity index (χ3n) is 5.82. The lowest BCUT2D eigenvalue weighted by Gasteiger charge is -2.39. The number of halogens is 1. The van der Waals surface area contributed by atoms with E-state index in [0.717, 1.165) is 16.8 Å². The van der Waals surface area contributed by atoms with Gasteiger partial charge in [-0.25, -0.2) is 9.38 Å². The summed E-state index contributed by atoms with van der Waals surface area (Å²) in [7, 11) is 0. The molecule has 2 aliphatic rings. The van der Waals surface area contributed by atoms with Gasteiger partial charge in [0, 0.05) is 31.9 Å². The quantitative estimate of drug-likeness (QED) is 0.587. The summed E-state index contributed by atoms with van der Waals surface area (Å²) in [5, 5.41) is 2.82. The van der Waals surface area contributed by atoms with E-state index in [1.54, 1.807) is 19.1 Å². The van der Waals surface area contributed by atoms with Crippen LogP contribution in [0.2, 0.25) is 0 Å². The number of aliphatic imine (C=N–C) groups is 1. The van der Waals surface area contributed by atoms with Crippen LogP contribution in [0.4, 0.5) is 10.1 Å². The highest BCUT2D eigenvalue weighted by Gasteiger charge is 2.42. The van der Waals surface area contributed by atoms with Gasteiger partial charge in [0.25, 0.3) is 0 Å². The highest BCUT2D eigenvalue weighted by atomic mass is 19.1. The van der Waals surface area contributed by atoms with E-state index < -0.39 is 23.8 Å². The van der Waals surface area contributed by atoms with Crippen LogP contribution < -0.4 is 10.2 Å². The maximum atomic E-state index is 13.2. The number of rotatable bonds is 4. The number of carbonyl (C=O) groups excluding carboxylic acids is 2. The fourth-order valence-corrected chi connectivity index (χ4v) is 4.06. The number of nitrogens with zero attached hydrogens (tertiary/aromatic N) is 3. The van der Waals surface area contributed by atoms with Gasteiger partial charge in [-0.15, -0.1) is 0 Å². The van der Waals surface area contributed by atoms with Crippen molar-refractivity contribution in [2.75, 3.05) is 37.7 Å². The summed E-state index contributed by atoms with van der Waals surface area (Å²) < 4.78 is 18.4. The maximum absolute atomic E-state index is 13.2. The third kappa shape index (κ3) is 4.59. The molecule has 4 rings (SSSR count). The summed E-state index contributed by atoms with van der Waals surface area (Å²) in [6.45, 7) is 6.59. The molecule has 1 amide bonds. The lowest BCUT2D eigenvalue weighted by atomic mass is 9.91. The number of nitrogens with one attached hydrogen (secondary N) is 1. The summed E-state index contributed by atoms with van der Waals surface area (Å²) in [6, 6.07) is 13.5. The predicted octanol–water partition coefficient (Wildman–Crippen LogP) is 2.66. The van der Waals surface area contributed by atoms with Crippen molar-refractivity contribution in [3.63, 3.8) is 0 Å². The number of ether oxygens (including phenoxy) is 1. The summed E-state index contributed by atoms with van der Waals surface area (Å²) in [5.41, 5.74) is 2.84. The number of hydrogen-bond donors (Lipinski definition) is 1. The van der Waals surface area contributed by atoms with Crippen LogP contribution in [0.15, 0.2) is 53.5 Å². The summed E-state index contributed by atoms with van der Waals surface area (Å²) in [5.74, 6) is -1.79. The molecule has 1 fully saturated rings. The Balaban J connectivity index is 1.55. The molecule has 168 valence electrons. The first kappa shape index (κ1) is 21.8. The van der Waals surface area contributed by atoms with Crippen molar-refractivity contribution in [1.29, 1.82) is 0 Å². The topological polar surface area (TPSA) is 74.2 Å². The minimum Gasteiger partial charge on any atom is -0.465 e. The molecule has 8 heteroatoms. The summed E-state index contributed by atoms with van der Waals surface area (Å²) in [4.78, 5) is 34.5. The monoisotopic (exact) mass is 438 g/mol. The molecule has 2 aliphatic heterocycles. The lowest BCUT2D eigenvalue weighted by molar-refractivity contribution is -0.153. The standard InChI is InChI=1S/C24H27FN4O3/c1-3-32-23(31)20-21(17-6-4-16(2)5-7-17)26-24(27-22(20)30)29-14-12-28(13-15-29)19-10-8-18(25)9-11-19/h4-11,20-21H,3,12-15H2,1-2H3,(H,26,27,30)/t20-,21-/m0/s1. The fraction of sp³-hybridized carbons (Fsp3) is 0.375. The smallest absolute Gasteiger partial charge is 0.321 e. The third-order valence-corrected chi connectivity index (χ3v) is 5.82. The molecule has 0 unspecified atom stereocenters. The van der Waals surface area contributed by atoms with Gasteiger partial charge in [-0.2, -0.15) is 0 Å². The second-order valence-corrected chi connectivity index (χ2v) is 7.98. The molecule has 7 nitrogen and oxygen atoms in total. The van der Waals surface area contributed by atoms with Crippen LogP contribution in [0.25, 0.3) is 0 Å². The largest absolute Gasteiger partial charge is 0.465 e. The molecule has 0 radical (unpaired) electrons. The first-order chi connectivity index (χ1) is 15.5. The van der Waals surface area contributed by atoms with Crippen molar-refractivity contribution in [3.05, 3.63) is 65.5 Å². The molecular formula is C24H27FN4O3. The van der Waals surface area contributed by atoms with Crippen LogP contribution >= 0.6 is 0 Å². The second-order valence-electron chi connectivity index (χ2n) is 7.98. The van der Waals surface area contributed by atoms with Crippen molar-refractivity contribution in [1.82, 2.24) is 10.2 Å². The minimum absolute atomic E-state index is 0.200. The van der Waals surface area contributed by atoms with Gasteiger partial charge in [-0.05, 0) is 43.7 Å². The van der Waals surface area contributed by atoms with Gasteiger partial charge in [0.15, 0.2) is 5.92 Å². The Morgan fingerprint density at radius 2 is 1.69 bits per heavy atom. The molecule has 1 saturated heterocycles. The van der Waals surface area contributed by atoms with E-state index in [1.807, 2.05) is 36.1 Å². The number of hydrogen-bond acceptors (Lipinski definition) is 6. The van der Waals surface area contributed by atoms with E-state index in [4.69, 9.17) is 9.73 Å². The Hall–Kier alpha value is -3.42. The van der Waals surface area contributed by atoms with Crippen LogP contribution in [0.3, 0.4) is 0 Å². The highest BCUT2D eigenvalue weighted by molar-refractivity contribution is 6.08. The zero-order valence-electron chi connectivity index (χ0n) is 18.3. The normalized spacial score (nSPS) is 21.1. The van der Waals surface area contributed by atoms with Crippen molar-refractivity contribution in [2.24, 2.45) is 10.9 Å². The zero-order valence-corrected chi connectivity index (χ0v) is 18.3. The number of piperazine rings is 1. The molecule has 0 aromatic heterocycles. The van der Waals surface area contributed by atoms with E-state index in [2.05, 4.69) is 10.2 Å². The average molecular weight is 439 g/mol. The number of esters is 1. The van der Waals surface area contributed by atoms with E-state index in [1.165, 1.54) is 12.1 Å². The molecule has 0 saturated carbocycles. The molecule has 2 aromatic rings. The van der Waals surface area contributed by atoms with E-state index in [0.29, 0.717) is 32.1 Å². The van der Waals surface area contributed by atoms with E-state index >= 15 is 0 Å². The zero-order chi connectivity index (χ0) is 22.7. The van der Waals surface area contributed by atoms with Crippen LogP contribution in [-0.4, -0.2) is 55.5 Å². The number of aryl methyl sites for hydroxylation is 1. The highest BCUT2D eigenvalue weighted by Crippen LogP contribution is 2.31. The van der Waals surface area contributed by atoms with Crippen LogP contribution in [0.5, 0.6) is 0 Å². The molecule has 0 spiro atoms. The number of anilines is 1. The van der Waals surface area contributed by atoms with Gasteiger partial charge in [0.2, 0.25) is 11.9 Å². The first-order valence-electron chi connectivity index (χ1n) is 10.8. The SMILES string of the molecule is CCOC(=O)[C@@H]1C(=O)NC(N2CCN(c3ccc(F)cc3)CC2)=N[C@H]1c1ccc(C)cc1. The van der Waals surface area contributed by atoms with E-state index in [9.17, 15) is 14.0 Å². The van der Waals surface area contributed by atoms with Crippen molar-refractivity contribution in [3.8, 4) is 0 Å². The number of guanidine groups is 1. The van der Waals surface area contributed by atoms with Crippen LogP contribution in [-0.2, 0) is 14.3 Å². The Morgan fingerprint density at radius 1 is 1.06 bits per heavy atom. The fourth-order valence-electron chi connectivity index (χ4n) is 4.06. The van der Waals surface area contributed by atoms with Crippen molar-refractivity contribution < 1.29 is 18.7 Å². The minimum atomic E-state index is -1.03. The average Bonchev–Trinajstić information content (AvgIpc) is 2.80. The van der Waals surface area contributed by atoms with Gasteiger partial charge in [-0.1, -0.05) is 29.8 Å². The Bertz CT molecular complexity index is 999. The molecule has 0 bridgehead atoms. The van der Waals surface area contributed by atoms with Gasteiger partial charge in [0.1, 0.15) is 11.9 Å². The van der Waals surface area contributed by atoms with Crippen LogP contribution in [0, 0.1) is 18.7 Å². The first-order valence-corrected chi connectivity index (χ1v) is 10.8. The Labute approximate surface area is 186 Å². The molecule has 2 heterocycles. The molecule has 2 aromatic carbocycles. The maximum Gasteiger partial charge on any atom is 0.321 e. The van der Waals surface area contributed by atoms with Gasteiger partial charge in [-0.3, -0.25) is 14.9 Å². The number of amides is 1. The molecule has 0 aliphatic carbocycles. The predicted molar refractivity (Wildman–Crippen MR) is 120 cm³/mol. The van der Waals surface area contributed by atoms with Crippen LogP contribution in [0.1, 0.15) is 24.1 Å². The molecule has 32 heavy (non-hydrogen) atoms. The van der Waals surface area contributed by atoms with Crippen molar-refractivity contribution >= 4 is 23.5 Å². The number of benzene rings is 2. The lowest BCUT2D eigenvalue weighted by Crippen LogP contribution is -2.57. The van der Waals surface area contributed by atoms with Crippen molar-refractivity contribution in [2.45, 2.75) is 19.9 Å². The second kappa shape index (κ2) is 9.38. The molecule has 1 N–H and O–H groups in total. The van der Waals surface area contributed by atoms with Gasteiger partial charge < -0.3 is 14.5 Å². The Morgan fingerprint density at radius 3 is 2.31 bits per heavy atom. The van der Waals surface area contributed by atoms with Gasteiger partial charge in [0.05, 0.1) is 6.61 Å². The summed E-state index contributed by atoms with van der Waals surface area (Å²) in [6.07, 6.45) is 0. The van der Waals surface area contributed by atoms with Gasteiger partial charge >= 0.3 is 5.97 Å². The number of carbonyl (C=O) groups is 2. The molecular weight excluding hydrogens is 411 g/mol. The van der Waals surface area contributed by atoms with E-state index in [-0.39, 0.29) is 12.4 Å². The molecule has 2 atom stereocenters. The Kier molecular flexibility index (Phi) is 6.39.